The molecule has 0 fully saturated rings. The first kappa shape index (κ1) is 17.1. The van der Waals surface area contributed by atoms with E-state index in [-0.39, 0.29) is 12.5 Å². The fraction of sp³-hybridized carbons (Fsp3) is 0.235. The van der Waals surface area contributed by atoms with Crippen molar-refractivity contribution in [2.45, 2.75) is 6.10 Å². The van der Waals surface area contributed by atoms with Gasteiger partial charge < -0.3 is 15.2 Å². The highest BCUT2D eigenvalue weighted by Gasteiger charge is 2.15. The van der Waals surface area contributed by atoms with Crippen LogP contribution in [0.2, 0.25) is 0 Å². The molecule has 0 saturated heterocycles. The second-order valence-electron chi connectivity index (χ2n) is 5.44. The van der Waals surface area contributed by atoms with Gasteiger partial charge >= 0.3 is 0 Å². The fourth-order valence-corrected chi connectivity index (χ4v) is 3.04. The number of benzene rings is 1. The summed E-state index contributed by atoms with van der Waals surface area (Å²) >= 11 is 1.38. The smallest absolute Gasteiger partial charge is 0.270 e. The van der Waals surface area contributed by atoms with Crippen LogP contribution in [0.5, 0.6) is 5.75 Å². The number of thiazole rings is 1. The number of rotatable bonds is 6. The van der Waals surface area contributed by atoms with Crippen molar-refractivity contribution in [2.75, 3.05) is 13.7 Å². The minimum Gasteiger partial charge on any atom is -0.497 e. The standard InChI is InChI=1S/C17H18N4O3S/c1-21-9-12(7-19-21)17-20-14(10-25-17)16(23)18-8-15(22)11-3-5-13(24-2)6-4-11/h3-7,9-10,15,22H,8H2,1-2H3,(H,18,23)/t15-/m1/s1. The minimum absolute atomic E-state index is 0.102. The van der Waals surface area contributed by atoms with Gasteiger partial charge in [-0.1, -0.05) is 12.1 Å². The predicted octanol–water partition coefficient (Wildman–Crippen LogP) is 2.02. The van der Waals surface area contributed by atoms with Crippen molar-refractivity contribution in [2.24, 2.45) is 7.05 Å². The van der Waals surface area contributed by atoms with Crippen molar-refractivity contribution in [3.05, 3.63) is 53.3 Å². The molecule has 25 heavy (non-hydrogen) atoms. The van der Waals surface area contributed by atoms with E-state index < -0.39 is 6.10 Å². The molecule has 2 N–H and O–H groups in total. The van der Waals surface area contributed by atoms with Crippen LogP contribution < -0.4 is 10.1 Å². The highest BCUT2D eigenvalue weighted by atomic mass is 32.1. The number of methoxy groups -OCH3 is 1. The Bertz CT molecular complexity index is 857. The summed E-state index contributed by atoms with van der Waals surface area (Å²) in [7, 11) is 3.41. The van der Waals surface area contributed by atoms with E-state index >= 15 is 0 Å². The van der Waals surface area contributed by atoms with Gasteiger partial charge in [0.1, 0.15) is 16.5 Å². The number of aromatic nitrogens is 3. The largest absolute Gasteiger partial charge is 0.497 e. The Morgan fingerprint density at radius 2 is 2.16 bits per heavy atom. The molecule has 8 heteroatoms. The van der Waals surface area contributed by atoms with Crippen LogP contribution in [0.3, 0.4) is 0 Å². The molecule has 1 amide bonds. The number of aryl methyl sites for hydroxylation is 1. The molecule has 0 bridgehead atoms. The molecule has 1 atom stereocenters. The highest BCUT2D eigenvalue weighted by molar-refractivity contribution is 7.13. The first-order valence-corrected chi connectivity index (χ1v) is 8.49. The number of hydrogen-bond acceptors (Lipinski definition) is 6. The lowest BCUT2D eigenvalue weighted by Gasteiger charge is -2.12. The number of carbonyl (C=O) groups excluding carboxylic acids is 1. The molecule has 2 heterocycles. The van der Waals surface area contributed by atoms with Gasteiger partial charge in [0, 0.05) is 30.7 Å². The second-order valence-corrected chi connectivity index (χ2v) is 6.30. The maximum atomic E-state index is 12.2. The Morgan fingerprint density at radius 1 is 1.40 bits per heavy atom. The molecule has 0 spiro atoms. The number of nitrogens with one attached hydrogen (secondary N) is 1. The summed E-state index contributed by atoms with van der Waals surface area (Å²) in [6.45, 7) is 0.102. The summed E-state index contributed by atoms with van der Waals surface area (Å²) in [5.41, 5.74) is 1.89. The molecule has 0 aliphatic carbocycles. The van der Waals surface area contributed by atoms with Crippen molar-refractivity contribution >= 4 is 17.2 Å². The first-order chi connectivity index (χ1) is 12.1. The van der Waals surface area contributed by atoms with Gasteiger partial charge in [-0.25, -0.2) is 4.98 Å². The first-order valence-electron chi connectivity index (χ1n) is 7.61. The van der Waals surface area contributed by atoms with Gasteiger partial charge in [0.25, 0.3) is 5.91 Å². The topological polar surface area (TPSA) is 89.3 Å². The lowest BCUT2D eigenvalue weighted by atomic mass is 10.1. The molecule has 2 aromatic heterocycles. The second kappa shape index (κ2) is 7.45. The molecular formula is C17H18N4O3S. The SMILES string of the molecule is COc1ccc([C@H](O)CNC(=O)c2csc(-c3cnn(C)c3)n2)cc1. The van der Waals surface area contributed by atoms with Crippen LogP contribution in [0.4, 0.5) is 0 Å². The third kappa shape index (κ3) is 4.04. The van der Waals surface area contributed by atoms with E-state index in [1.165, 1.54) is 11.3 Å². The molecule has 0 saturated carbocycles. The van der Waals surface area contributed by atoms with E-state index in [1.54, 1.807) is 47.6 Å². The number of hydrogen-bond donors (Lipinski definition) is 2. The van der Waals surface area contributed by atoms with Crippen LogP contribution in [0.25, 0.3) is 10.6 Å². The third-order valence-electron chi connectivity index (χ3n) is 3.65. The zero-order chi connectivity index (χ0) is 17.8. The summed E-state index contributed by atoms with van der Waals surface area (Å²) in [5, 5.41) is 19.4. The van der Waals surface area contributed by atoms with Gasteiger partial charge in [0.2, 0.25) is 0 Å². The summed E-state index contributed by atoms with van der Waals surface area (Å²) in [6, 6.07) is 7.06. The Labute approximate surface area is 148 Å². The monoisotopic (exact) mass is 358 g/mol. The molecule has 3 rings (SSSR count). The molecule has 0 aliphatic heterocycles. The number of aliphatic hydroxyl groups excluding tert-OH is 1. The Balaban J connectivity index is 1.59. The Kier molecular flexibility index (Phi) is 5.11. The molecule has 3 aromatic rings. The number of aliphatic hydroxyl groups is 1. The highest BCUT2D eigenvalue weighted by Crippen LogP contribution is 2.23. The number of nitrogens with zero attached hydrogens (tertiary/aromatic N) is 3. The van der Waals surface area contributed by atoms with Crippen LogP contribution in [0.15, 0.2) is 42.0 Å². The normalized spacial score (nSPS) is 12.0. The Morgan fingerprint density at radius 3 is 2.80 bits per heavy atom. The number of carbonyl (C=O) groups is 1. The van der Waals surface area contributed by atoms with Crippen LogP contribution in [-0.4, -0.2) is 39.4 Å². The number of amides is 1. The van der Waals surface area contributed by atoms with Gasteiger partial charge in [0.05, 0.1) is 19.4 Å². The predicted molar refractivity (Wildman–Crippen MR) is 94.6 cm³/mol. The summed E-state index contributed by atoms with van der Waals surface area (Å²) in [4.78, 5) is 16.5. The van der Waals surface area contributed by atoms with E-state index in [0.29, 0.717) is 17.0 Å². The molecule has 0 aliphatic rings. The van der Waals surface area contributed by atoms with Gasteiger partial charge in [-0.3, -0.25) is 9.48 Å². The third-order valence-corrected chi connectivity index (χ3v) is 4.54. The van der Waals surface area contributed by atoms with Crippen LogP contribution in [0, 0.1) is 0 Å². The minimum atomic E-state index is -0.800. The van der Waals surface area contributed by atoms with Crippen molar-refractivity contribution in [3.63, 3.8) is 0 Å². The van der Waals surface area contributed by atoms with E-state index in [0.717, 1.165) is 10.6 Å². The van der Waals surface area contributed by atoms with Crippen LogP contribution in [0.1, 0.15) is 22.2 Å². The molecule has 130 valence electrons. The van der Waals surface area contributed by atoms with Crippen molar-refractivity contribution in [1.82, 2.24) is 20.1 Å². The maximum absolute atomic E-state index is 12.2. The van der Waals surface area contributed by atoms with Crippen molar-refractivity contribution < 1.29 is 14.6 Å². The molecule has 0 unspecified atom stereocenters. The van der Waals surface area contributed by atoms with Gasteiger partial charge in [-0.05, 0) is 17.7 Å². The summed E-state index contributed by atoms with van der Waals surface area (Å²) in [6.07, 6.45) is 2.74. The van der Waals surface area contributed by atoms with Gasteiger partial charge in [-0.15, -0.1) is 11.3 Å². The van der Waals surface area contributed by atoms with E-state index in [1.807, 2.05) is 13.2 Å². The van der Waals surface area contributed by atoms with Crippen LogP contribution >= 0.6 is 11.3 Å². The van der Waals surface area contributed by atoms with Gasteiger partial charge in [0.15, 0.2) is 0 Å². The number of ether oxygens (including phenoxy) is 1. The van der Waals surface area contributed by atoms with Crippen LogP contribution in [-0.2, 0) is 7.05 Å². The summed E-state index contributed by atoms with van der Waals surface area (Å²) < 4.78 is 6.76. The maximum Gasteiger partial charge on any atom is 0.270 e. The zero-order valence-electron chi connectivity index (χ0n) is 13.8. The zero-order valence-corrected chi connectivity index (χ0v) is 14.7. The van der Waals surface area contributed by atoms with Crippen molar-refractivity contribution in [3.8, 4) is 16.3 Å². The molecule has 0 radical (unpaired) electrons. The van der Waals surface area contributed by atoms with E-state index in [4.69, 9.17) is 4.74 Å². The lowest BCUT2D eigenvalue weighted by Crippen LogP contribution is -2.28. The van der Waals surface area contributed by atoms with E-state index in [2.05, 4.69) is 15.4 Å². The van der Waals surface area contributed by atoms with Crippen molar-refractivity contribution in [1.29, 1.82) is 0 Å². The summed E-state index contributed by atoms with van der Waals surface area (Å²) in [5.74, 6) is 0.393. The Hall–Kier alpha value is -2.71. The average Bonchev–Trinajstić information content (AvgIpc) is 3.28. The average molecular weight is 358 g/mol. The van der Waals surface area contributed by atoms with Gasteiger partial charge in [-0.2, -0.15) is 5.10 Å². The quantitative estimate of drug-likeness (QED) is 0.704. The molecule has 7 nitrogen and oxygen atoms in total. The van der Waals surface area contributed by atoms with E-state index in [9.17, 15) is 9.90 Å². The lowest BCUT2D eigenvalue weighted by molar-refractivity contribution is 0.0912. The fourth-order valence-electron chi connectivity index (χ4n) is 2.27. The molecular weight excluding hydrogens is 340 g/mol. The molecule has 1 aromatic carbocycles.